The second-order valence-electron chi connectivity index (χ2n) is 4.76. The highest BCUT2D eigenvalue weighted by atomic mass is 32.2. The number of carbonyl (C=O) groups is 1. The molecule has 0 amide bonds. The molecule has 0 spiro atoms. The van der Waals surface area contributed by atoms with Crippen LogP contribution in [0, 0.1) is 0 Å². The first-order chi connectivity index (χ1) is 9.98. The van der Waals surface area contributed by atoms with Crippen LogP contribution >= 0.6 is 0 Å². The number of aromatic nitrogens is 2. The fourth-order valence-electron chi connectivity index (χ4n) is 2.73. The lowest BCUT2D eigenvalue weighted by molar-refractivity contribution is 0.104. The SMILES string of the molecule is O=C1c2ccccc2-c2[nH]nc3c(S(=O)(=O)[O-])ccc1c23. The normalized spacial score (nSPS) is 13.5. The van der Waals surface area contributed by atoms with Gasteiger partial charge in [-0.05, 0) is 12.1 Å². The molecular formula is C14H7N2O4S-. The molecule has 1 N–H and O–H groups in total. The number of nitrogens with zero attached hydrogens (tertiary/aromatic N) is 1. The number of fused-ring (bicyclic) bond motifs is 2. The average molecular weight is 299 g/mol. The summed E-state index contributed by atoms with van der Waals surface area (Å²) in [6, 6.07) is 9.48. The monoisotopic (exact) mass is 299 g/mol. The van der Waals surface area contributed by atoms with Crippen LogP contribution in [0.4, 0.5) is 0 Å². The molecule has 1 heterocycles. The molecule has 0 fully saturated rings. The number of carbonyl (C=O) groups excluding carboxylic acids is 1. The number of hydrogen-bond donors (Lipinski definition) is 1. The maximum atomic E-state index is 12.5. The van der Waals surface area contributed by atoms with Gasteiger partial charge in [-0.15, -0.1) is 0 Å². The Balaban J connectivity index is 2.21. The molecule has 0 atom stereocenters. The summed E-state index contributed by atoms with van der Waals surface area (Å²) in [6.45, 7) is 0. The molecule has 0 saturated heterocycles. The third-order valence-electron chi connectivity index (χ3n) is 3.63. The van der Waals surface area contributed by atoms with Crippen LogP contribution in [0.1, 0.15) is 15.9 Å². The first-order valence-corrected chi connectivity index (χ1v) is 7.50. The van der Waals surface area contributed by atoms with Crippen LogP contribution in [0.5, 0.6) is 0 Å². The predicted octanol–water partition coefficient (Wildman–Crippen LogP) is 1.68. The van der Waals surface area contributed by atoms with Gasteiger partial charge >= 0.3 is 0 Å². The lowest BCUT2D eigenvalue weighted by Crippen LogP contribution is -2.10. The highest BCUT2D eigenvalue weighted by Crippen LogP contribution is 2.39. The van der Waals surface area contributed by atoms with E-state index in [2.05, 4.69) is 10.2 Å². The number of nitrogens with one attached hydrogen (secondary N) is 1. The smallest absolute Gasteiger partial charge is 0.194 e. The minimum absolute atomic E-state index is 0.0142. The minimum atomic E-state index is -4.66. The van der Waals surface area contributed by atoms with E-state index in [1.807, 2.05) is 0 Å². The van der Waals surface area contributed by atoms with Crippen molar-refractivity contribution >= 4 is 26.8 Å². The summed E-state index contributed by atoms with van der Waals surface area (Å²) in [5, 5.41) is 7.06. The largest absolute Gasteiger partial charge is 0.744 e. The minimum Gasteiger partial charge on any atom is -0.744 e. The predicted molar refractivity (Wildman–Crippen MR) is 72.9 cm³/mol. The Bertz CT molecular complexity index is 1030. The first kappa shape index (κ1) is 12.2. The van der Waals surface area contributed by atoms with Crippen LogP contribution < -0.4 is 0 Å². The summed E-state index contributed by atoms with van der Waals surface area (Å²) in [5.74, 6) is -0.209. The second kappa shape index (κ2) is 3.78. The van der Waals surface area contributed by atoms with E-state index in [1.54, 1.807) is 24.3 Å². The molecule has 0 saturated carbocycles. The van der Waals surface area contributed by atoms with E-state index >= 15 is 0 Å². The molecule has 0 radical (unpaired) electrons. The van der Waals surface area contributed by atoms with Gasteiger partial charge in [0.1, 0.15) is 15.6 Å². The van der Waals surface area contributed by atoms with E-state index < -0.39 is 15.0 Å². The molecule has 2 aromatic carbocycles. The third-order valence-corrected chi connectivity index (χ3v) is 4.49. The van der Waals surface area contributed by atoms with Gasteiger partial charge in [0.15, 0.2) is 5.78 Å². The van der Waals surface area contributed by atoms with Crippen molar-refractivity contribution in [3.05, 3.63) is 47.5 Å². The molecule has 0 aliphatic heterocycles. The van der Waals surface area contributed by atoms with E-state index in [4.69, 9.17) is 0 Å². The van der Waals surface area contributed by atoms with E-state index in [1.165, 1.54) is 6.07 Å². The maximum absolute atomic E-state index is 12.5. The van der Waals surface area contributed by atoms with Crippen LogP contribution in [0.3, 0.4) is 0 Å². The molecule has 1 aromatic heterocycles. The van der Waals surface area contributed by atoms with E-state index in [9.17, 15) is 17.8 Å². The molecule has 1 aliphatic carbocycles. The highest BCUT2D eigenvalue weighted by molar-refractivity contribution is 7.86. The fourth-order valence-corrected chi connectivity index (χ4v) is 3.35. The van der Waals surface area contributed by atoms with Crippen molar-refractivity contribution in [2.24, 2.45) is 0 Å². The third kappa shape index (κ3) is 1.52. The summed E-state index contributed by atoms with van der Waals surface area (Å²) in [5.41, 5.74) is 2.09. The van der Waals surface area contributed by atoms with Crippen LogP contribution in [0.2, 0.25) is 0 Å². The summed E-state index contributed by atoms with van der Waals surface area (Å²) < 4.78 is 33.9. The molecule has 4 rings (SSSR count). The summed E-state index contributed by atoms with van der Waals surface area (Å²) >= 11 is 0. The van der Waals surface area contributed by atoms with Gasteiger partial charge in [-0.2, -0.15) is 5.10 Å². The van der Waals surface area contributed by atoms with Crippen molar-refractivity contribution in [1.82, 2.24) is 10.2 Å². The second-order valence-corrected chi connectivity index (χ2v) is 6.11. The van der Waals surface area contributed by atoms with Crippen LogP contribution in [-0.2, 0) is 10.1 Å². The van der Waals surface area contributed by atoms with Gasteiger partial charge in [-0.25, -0.2) is 8.42 Å². The zero-order valence-electron chi connectivity index (χ0n) is 10.5. The summed E-state index contributed by atoms with van der Waals surface area (Å²) in [4.78, 5) is 12.1. The van der Waals surface area contributed by atoms with Crippen molar-refractivity contribution < 1.29 is 17.8 Å². The Hall–Kier alpha value is -2.51. The van der Waals surface area contributed by atoms with E-state index in [0.29, 0.717) is 27.8 Å². The lowest BCUT2D eigenvalue weighted by Gasteiger charge is -2.16. The van der Waals surface area contributed by atoms with Crippen molar-refractivity contribution in [3.8, 4) is 11.3 Å². The number of rotatable bonds is 1. The van der Waals surface area contributed by atoms with Crippen LogP contribution in [0.25, 0.3) is 22.2 Å². The number of ketones is 1. The van der Waals surface area contributed by atoms with E-state index in [0.717, 1.165) is 6.07 Å². The lowest BCUT2D eigenvalue weighted by atomic mass is 9.87. The van der Waals surface area contributed by atoms with Gasteiger partial charge in [-0.1, -0.05) is 24.3 Å². The molecule has 1 aliphatic rings. The maximum Gasteiger partial charge on any atom is 0.194 e. The van der Waals surface area contributed by atoms with Gasteiger partial charge < -0.3 is 4.55 Å². The van der Waals surface area contributed by atoms with Crippen molar-refractivity contribution in [2.45, 2.75) is 4.90 Å². The molecule has 21 heavy (non-hydrogen) atoms. The molecule has 104 valence electrons. The first-order valence-electron chi connectivity index (χ1n) is 6.09. The topological polar surface area (TPSA) is 103 Å². The number of H-pyrrole nitrogens is 1. The Morgan fingerprint density at radius 1 is 1.00 bits per heavy atom. The highest BCUT2D eigenvalue weighted by Gasteiger charge is 2.28. The molecule has 6 nitrogen and oxygen atoms in total. The average Bonchev–Trinajstić information content (AvgIpc) is 2.88. The molecule has 7 heteroatoms. The fraction of sp³-hybridized carbons (Fsp3) is 0. The number of benzene rings is 2. The van der Waals surface area contributed by atoms with Gasteiger partial charge in [0, 0.05) is 22.1 Å². The zero-order chi connectivity index (χ0) is 14.8. The molecular weight excluding hydrogens is 292 g/mol. The van der Waals surface area contributed by atoms with Crippen LogP contribution in [-0.4, -0.2) is 29.0 Å². The van der Waals surface area contributed by atoms with Gasteiger partial charge in [0.05, 0.1) is 10.6 Å². The molecule has 0 bridgehead atoms. The van der Waals surface area contributed by atoms with Gasteiger partial charge in [0.2, 0.25) is 0 Å². The van der Waals surface area contributed by atoms with Crippen molar-refractivity contribution in [1.29, 1.82) is 0 Å². The van der Waals surface area contributed by atoms with Crippen molar-refractivity contribution in [3.63, 3.8) is 0 Å². The zero-order valence-corrected chi connectivity index (χ0v) is 11.3. The number of aromatic amines is 1. The van der Waals surface area contributed by atoms with E-state index in [-0.39, 0.29) is 11.3 Å². The van der Waals surface area contributed by atoms with Gasteiger partial charge in [0.25, 0.3) is 0 Å². The quantitative estimate of drug-likeness (QED) is 0.539. The van der Waals surface area contributed by atoms with Crippen LogP contribution in [0.15, 0.2) is 41.3 Å². The standard InChI is InChI=1S/C14H8N2O4S/c17-14-8-4-2-1-3-7(8)12-11-9(14)5-6-10(21(18,19)20)13(11)16-15-12/h1-6H,(H,15,16)(H,18,19,20)/p-1. The molecule has 0 unspecified atom stereocenters. The van der Waals surface area contributed by atoms with Crippen molar-refractivity contribution in [2.75, 3.05) is 0 Å². The Labute approximate surface area is 119 Å². The molecule has 3 aromatic rings. The number of hydrogen-bond acceptors (Lipinski definition) is 5. The summed E-state index contributed by atoms with van der Waals surface area (Å²) in [6.07, 6.45) is 0. The van der Waals surface area contributed by atoms with Gasteiger partial charge in [-0.3, -0.25) is 9.89 Å². The Kier molecular flexibility index (Phi) is 2.20. The Morgan fingerprint density at radius 3 is 2.43 bits per heavy atom. The Morgan fingerprint density at radius 2 is 1.71 bits per heavy atom. The summed E-state index contributed by atoms with van der Waals surface area (Å²) in [7, 11) is -4.66.